The van der Waals surface area contributed by atoms with Crippen molar-refractivity contribution in [3.8, 4) is 5.75 Å². The van der Waals surface area contributed by atoms with Gasteiger partial charge < -0.3 is 9.47 Å². The van der Waals surface area contributed by atoms with Gasteiger partial charge in [0.25, 0.3) is 5.91 Å². The second kappa shape index (κ2) is 8.34. The van der Waals surface area contributed by atoms with Gasteiger partial charge in [-0.05, 0) is 68.3 Å². The summed E-state index contributed by atoms with van der Waals surface area (Å²) in [5, 5.41) is 0. The summed E-state index contributed by atoms with van der Waals surface area (Å²) in [6, 6.07) is 10.4. The number of esters is 1. The maximum atomic E-state index is 13.2. The van der Waals surface area contributed by atoms with Crippen molar-refractivity contribution in [3.05, 3.63) is 53.1 Å². The molecular formula is C22H24N2O5. The second-order valence-corrected chi connectivity index (χ2v) is 6.83. The minimum absolute atomic E-state index is 0.153. The lowest BCUT2D eigenvalue weighted by atomic mass is 10.0. The molecule has 0 aromatic heterocycles. The van der Waals surface area contributed by atoms with Crippen LogP contribution in [0.4, 0.5) is 11.4 Å². The van der Waals surface area contributed by atoms with Crippen LogP contribution in [0, 0.1) is 13.8 Å². The Morgan fingerprint density at radius 2 is 1.66 bits per heavy atom. The monoisotopic (exact) mass is 396 g/mol. The first kappa shape index (κ1) is 20.4. The number of benzene rings is 2. The Bertz CT molecular complexity index is 952. The van der Waals surface area contributed by atoms with Crippen molar-refractivity contribution in [1.82, 2.24) is 0 Å². The summed E-state index contributed by atoms with van der Waals surface area (Å²) < 4.78 is 10.1. The normalized spacial score (nSPS) is 13.2. The van der Waals surface area contributed by atoms with Gasteiger partial charge in [0.1, 0.15) is 18.8 Å². The Kier molecular flexibility index (Phi) is 5.87. The molecule has 3 rings (SSSR count). The van der Waals surface area contributed by atoms with Crippen LogP contribution in [0.15, 0.2) is 36.4 Å². The van der Waals surface area contributed by atoms with Crippen molar-refractivity contribution < 1.29 is 23.9 Å². The average Bonchev–Trinajstić information content (AvgIpc) is 2.71. The highest BCUT2D eigenvalue weighted by atomic mass is 16.5. The summed E-state index contributed by atoms with van der Waals surface area (Å²) in [5.74, 6) is -0.472. The van der Waals surface area contributed by atoms with Crippen molar-refractivity contribution in [2.75, 3.05) is 36.6 Å². The zero-order valence-electron chi connectivity index (χ0n) is 17.0. The Hall–Kier alpha value is -3.35. The van der Waals surface area contributed by atoms with E-state index in [0.29, 0.717) is 22.7 Å². The molecule has 0 aliphatic carbocycles. The van der Waals surface area contributed by atoms with E-state index in [1.807, 2.05) is 26.0 Å². The van der Waals surface area contributed by atoms with Crippen LogP contribution in [0.2, 0.25) is 0 Å². The van der Waals surface area contributed by atoms with Crippen molar-refractivity contribution >= 4 is 29.2 Å². The zero-order valence-corrected chi connectivity index (χ0v) is 17.0. The molecule has 29 heavy (non-hydrogen) atoms. The molecule has 0 N–H and O–H groups in total. The Labute approximate surface area is 169 Å². The highest BCUT2D eigenvalue weighted by Gasteiger charge is 2.34. The SMILES string of the molecule is CCOC(=O)CN1C(=O)CN(C(=O)c2ccc(OC)cc2)c2cc(C)c(C)cc21. The maximum Gasteiger partial charge on any atom is 0.326 e. The Morgan fingerprint density at radius 3 is 2.24 bits per heavy atom. The van der Waals surface area contributed by atoms with Gasteiger partial charge in [0, 0.05) is 5.56 Å². The fraction of sp³-hybridized carbons (Fsp3) is 0.318. The molecule has 2 aromatic rings. The van der Waals surface area contributed by atoms with E-state index in [1.165, 1.54) is 9.80 Å². The van der Waals surface area contributed by atoms with Gasteiger partial charge in [-0.15, -0.1) is 0 Å². The number of carbonyl (C=O) groups is 3. The number of amides is 2. The van der Waals surface area contributed by atoms with Crippen molar-refractivity contribution in [1.29, 1.82) is 0 Å². The number of hydrogen-bond donors (Lipinski definition) is 0. The van der Waals surface area contributed by atoms with E-state index >= 15 is 0 Å². The first-order chi connectivity index (χ1) is 13.8. The Morgan fingerprint density at radius 1 is 1.03 bits per heavy atom. The van der Waals surface area contributed by atoms with Crippen LogP contribution in [0.1, 0.15) is 28.4 Å². The number of rotatable bonds is 5. The van der Waals surface area contributed by atoms with Gasteiger partial charge in [0.2, 0.25) is 5.91 Å². The van der Waals surface area contributed by atoms with E-state index in [4.69, 9.17) is 9.47 Å². The van der Waals surface area contributed by atoms with Gasteiger partial charge in [-0.1, -0.05) is 0 Å². The van der Waals surface area contributed by atoms with E-state index in [-0.39, 0.29) is 31.5 Å². The molecule has 0 radical (unpaired) electrons. The number of nitrogens with zero attached hydrogens (tertiary/aromatic N) is 2. The molecule has 1 heterocycles. The number of anilines is 2. The lowest BCUT2D eigenvalue weighted by Crippen LogP contribution is -2.50. The number of aryl methyl sites for hydroxylation is 2. The Balaban J connectivity index is 2.01. The van der Waals surface area contributed by atoms with Gasteiger partial charge >= 0.3 is 5.97 Å². The van der Waals surface area contributed by atoms with Crippen LogP contribution in [0.5, 0.6) is 5.75 Å². The molecule has 7 nitrogen and oxygen atoms in total. The topological polar surface area (TPSA) is 76.2 Å². The number of ether oxygens (including phenoxy) is 2. The molecule has 0 bridgehead atoms. The molecule has 1 aliphatic rings. The smallest absolute Gasteiger partial charge is 0.326 e. The largest absolute Gasteiger partial charge is 0.497 e. The summed E-state index contributed by atoms with van der Waals surface area (Å²) in [5.41, 5.74) is 3.52. The summed E-state index contributed by atoms with van der Waals surface area (Å²) in [6.45, 7) is 5.48. The number of hydrogen-bond acceptors (Lipinski definition) is 5. The molecule has 2 amide bonds. The van der Waals surface area contributed by atoms with Gasteiger partial charge in [-0.3, -0.25) is 24.2 Å². The number of fused-ring (bicyclic) bond motifs is 1. The average molecular weight is 396 g/mol. The van der Waals surface area contributed by atoms with Gasteiger partial charge in [-0.25, -0.2) is 0 Å². The van der Waals surface area contributed by atoms with E-state index < -0.39 is 5.97 Å². The summed E-state index contributed by atoms with van der Waals surface area (Å²) in [6.07, 6.45) is 0. The summed E-state index contributed by atoms with van der Waals surface area (Å²) in [4.78, 5) is 40.8. The molecule has 0 saturated carbocycles. The van der Waals surface area contributed by atoms with E-state index in [9.17, 15) is 14.4 Å². The van der Waals surface area contributed by atoms with E-state index in [0.717, 1.165) is 11.1 Å². The molecular weight excluding hydrogens is 372 g/mol. The minimum Gasteiger partial charge on any atom is -0.497 e. The first-order valence-corrected chi connectivity index (χ1v) is 9.38. The molecule has 2 aromatic carbocycles. The molecule has 1 aliphatic heterocycles. The zero-order chi connectivity index (χ0) is 21.1. The van der Waals surface area contributed by atoms with Gasteiger partial charge in [-0.2, -0.15) is 0 Å². The summed E-state index contributed by atoms with van der Waals surface area (Å²) in [7, 11) is 1.56. The highest BCUT2D eigenvalue weighted by Crippen LogP contribution is 2.37. The van der Waals surface area contributed by atoms with Crippen molar-refractivity contribution in [2.45, 2.75) is 20.8 Å². The summed E-state index contributed by atoms with van der Waals surface area (Å²) >= 11 is 0. The number of methoxy groups -OCH3 is 1. The lowest BCUT2D eigenvalue weighted by Gasteiger charge is -2.36. The molecule has 0 fully saturated rings. The second-order valence-electron chi connectivity index (χ2n) is 6.83. The highest BCUT2D eigenvalue weighted by molar-refractivity contribution is 6.16. The standard InChI is InChI=1S/C22H24N2O5/c1-5-29-21(26)13-23-18-10-14(2)15(3)11-19(18)24(12-20(23)25)22(27)16-6-8-17(28-4)9-7-16/h6-11H,5,12-13H2,1-4H3. The van der Waals surface area contributed by atoms with Crippen LogP contribution in [0.3, 0.4) is 0 Å². The quantitative estimate of drug-likeness (QED) is 0.727. The van der Waals surface area contributed by atoms with Gasteiger partial charge in [0.05, 0.1) is 25.1 Å². The van der Waals surface area contributed by atoms with E-state index in [1.54, 1.807) is 38.3 Å². The third-order valence-corrected chi connectivity index (χ3v) is 4.94. The minimum atomic E-state index is -0.486. The van der Waals surface area contributed by atoms with Gasteiger partial charge in [0.15, 0.2) is 0 Å². The molecule has 7 heteroatoms. The fourth-order valence-corrected chi connectivity index (χ4v) is 3.24. The van der Waals surface area contributed by atoms with Crippen LogP contribution >= 0.6 is 0 Å². The van der Waals surface area contributed by atoms with E-state index in [2.05, 4.69) is 0 Å². The van der Waals surface area contributed by atoms with Crippen LogP contribution in [-0.2, 0) is 14.3 Å². The number of carbonyl (C=O) groups excluding carboxylic acids is 3. The maximum absolute atomic E-state index is 13.2. The third kappa shape index (κ3) is 4.08. The van der Waals surface area contributed by atoms with Crippen LogP contribution in [-0.4, -0.2) is 44.6 Å². The fourth-order valence-electron chi connectivity index (χ4n) is 3.24. The third-order valence-electron chi connectivity index (χ3n) is 4.94. The predicted molar refractivity (Wildman–Crippen MR) is 110 cm³/mol. The van der Waals surface area contributed by atoms with Crippen LogP contribution in [0.25, 0.3) is 0 Å². The molecule has 0 unspecified atom stereocenters. The molecule has 152 valence electrons. The van der Waals surface area contributed by atoms with Crippen molar-refractivity contribution in [3.63, 3.8) is 0 Å². The van der Waals surface area contributed by atoms with Crippen LogP contribution < -0.4 is 14.5 Å². The molecule has 0 atom stereocenters. The lowest BCUT2D eigenvalue weighted by molar-refractivity contribution is -0.142. The molecule has 0 spiro atoms. The predicted octanol–water partition coefficient (Wildman–Crippen LogP) is 2.87. The van der Waals surface area contributed by atoms with Crippen molar-refractivity contribution in [2.24, 2.45) is 0 Å². The first-order valence-electron chi connectivity index (χ1n) is 9.38. The molecule has 0 saturated heterocycles.